The number of halogens is 9. The van der Waals surface area contributed by atoms with Crippen LogP contribution in [0, 0.1) is 11.3 Å². The standard InChI is InChI=1S/C19H32N4O2S.3C2HF3O2/c1-4-25-18(24)19-6-5-8-22(14-17-20-7-11-26-17)12-16(19)13-23(15-19)10-9-21(2)3;3*3-2(4,5)1(6)7/h7,11,16H,4-6,8-10,12-15H2,1-3H3;3*(H,6,7)/t16-,19-;;;/m0.../s1. The number of alkyl halides is 9. The number of likely N-dealkylation sites (N-methyl/N-ethyl adjacent to an activating group) is 1. The number of likely N-dealkylation sites (tertiary alicyclic amines) is 2. The topological polar surface area (TPSA) is 161 Å². The quantitative estimate of drug-likeness (QED) is 0.277. The van der Waals surface area contributed by atoms with E-state index in [1.807, 2.05) is 18.5 Å². The Hall–Kier alpha value is -3.24. The molecule has 12 nitrogen and oxygen atoms in total. The highest BCUT2D eigenvalue weighted by atomic mass is 32.1. The van der Waals surface area contributed by atoms with Gasteiger partial charge in [0.1, 0.15) is 5.01 Å². The maximum atomic E-state index is 13.0. The van der Waals surface area contributed by atoms with Crippen molar-refractivity contribution in [3.05, 3.63) is 16.6 Å². The van der Waals surface area contributed by atoms with E-state index in [0.717, 1.165) is 63.7 Å². The summed E-state index contributed by atoms with van der Waals surface area (Å²) in [4.78, 5) is 51.3. The van der Waals surface area contributed by atoms with E-state index in [4.69, 9.17) is 34.4 Å². The average molecular weight is 723 g/mol. The van der Waals surface area contributed by atoms with Gasteiger partial charge >= 0.3 is 42.4 Å². The number of nitrogens with zero attached hydrogens (tertiary/aromatic N) is 4. The number of aliphatic carboxylic acids is 3. The zero-order valence-corrected chi connectivity index (χ0v) is 26.1. The Bertz CT molecular complexity index is 1080. The van der Waals surface area contributed by atoms with Crippen molar-refractivity contribution in [3.8, 4) is 0 Å². The van der Waals surface area contributed by atoms with Gasteiger partial charge in [-0.2, -0.15) is 39.5 Å². The van der Waals surface area contributed by atoms with Crippen LogP contribution in [-0.4, -0.2) is 137 Å². The lowest BCUT2D eigenvalue weighted by Gasteiger charge is -2.31. The van der Waals surface area contributed by atoms with E-state index in [0.29, 0.717) is 12.5 Å². The molecule has 22 heteroatoms. The number of carboxylic acids is 3. The lowest BCUT2D eigenvalue weighted by atomic mass is 9.75. The van der Waals surface area contributed by atoms with Gasteiger partial charge in [-0.3, -0.25) is 9.69 Å². The van der Waals surface area contributed by atoms with Crippen molar-refractivity contribution < 1.29 is 78.7 Å². The summed E-state index contributed by atoms with van der Waals surface area (Å²) >= 11 is 1.71. The summed E-state index contributed by atoms with van der Waals surface area (Å²) in [5.41, 5.74) is -0.333. The molecule has 0 spiro atoms. The Labute approximate surface area is 266 Å². The maximum Gasteiger partial charge on any atom is 0.490 e. The molecule has 272 valence electrons. The number of hydrogen-bond acceptors (Lipinski definition) is 10. The number of aromatic nitrogens is 1. The third-order valence-electron chi connectivity index (χ3n) is 6.46. The fraction of sp³-hybridized carbons (Fsp3) is 0.720. The van der Waals surface area contributed by atoms with E-state index in [9.17, 15) is 44.3 Å². The number of rotatable bonds is 7. The molecule has 2 fully saturated rings. The van der Waals surface area contributed by atoms with Crippen molar-refractivity contribution >= 4 is 35.2 Å². The second-order valence-corrected chi connectivity index (χ2v) is 11.3. The highest BCUT2D eigenvalue weighted by molar-refractivity contribution is 7.09. The van der Waals surface area contributed by atoms with Crippen LogP contribution in [0.5, 0.6) is 0 Å². The molecule has 3 heterocycles. The van der Waals surface area contributed by atoms with Crippen molar-refractivity contribution in [2.45, 2.75) is 44.8 Å². The highest BCUT2D eigenvalue weighted by Crippen LogP contribution is 2.44. The monoisotopic (exact) mass is 722 g/mol. The minimum atomic E-state index is -5.08. The van der Waals surface area contributed by atoms with Gasteiger partial charge in [0.25, 0.3) is 0 Å². The van der Waals surface area contributed by atoms with Crippen LogP contribution >= 0.6 is 11.3 Å². The fourth-order valence-corrected chi connectivity index (χ4v) is 5.06. The largest absolute Gasteiger partial charge is 0.490 e. The predicted molar refractivity (Wildman–Crippen MR) is 145 cm³/mol. The van der Waals surface area contributed by atoms with E-state index >= 15 is 0 Å². The molecule has 0 bridgehead atoms. The zero-order chi connectivity index (χ0) is 36.8. The summed E-state index contributed by atoms with van der Waals surface area (Å²) in [6, 6.07) is 0. The van der Waals surface area contributed by atoms with Crippen LogP contribution in [0.1, 0.15) is 24.8 Å². The van der Waals surface area contributed by atoms with Crippen LogP contribution in [0.4, 0.5) is 39.5 Å². The molecule has 2 saturated heterocycles. The summed E-state index contributed by atoms with van der Waals surface area (Å²) in [7, 11) is 4.20. The molecule has 3 N–H and O–H groups in total. The second-order valence-electron chi connectivity index (χ2n) is 10.3. The van der Waals surface area contributed by atoms with Crippen LogP contribution in [0.3, 0.4) is 0 Å². The van der Waals surface area contributed by atoms with Crippen molar-refractivity contribution in [2.24, 2.45) is 11.3 Å². The number of fused-ring (bicyclic) bond motifs is 1. The van der Waals surface area contributed by atoms with Crippen molar-refractivity contribution in [1.29, 1.82) is 0 Å². The maximum absolute atomic E-state index is 13.0. The van der Waals surface area contributed by atoms with Crippen molar-refractivity contribution in [1.82, 2.24) is 19.7 Å². The van der Waals surface area contributed by atoms with Gasteiger partial charge in [-0.05, 0) is 40.4 Å². The van der Waals surface area contributed by atoms with Crippen LogP contribution in [0.15, 0.2) is 11.6 Å². The summed E-state index contributed by atoms with van der Waals surface area (Å²) in [6.07, 6.45) is -11.4. The van der Waals surface area contributed by atoms with Gasteiger partial charge in [-0.15, -0.1) is 11.3 Å². The average Bonchev–Trinajstić information content (AvgIpc) is 3.51. The number of carbonyl (C=O) groups is 4. The van der Waals surface area contributed by atoms with E-state index < -0.39 is 36.4 Å². The third kappa shape index (κ3) is 16.4. The lowest BCUT2D eigenvalue weighted by Crippen LogP contribution is -2.42. The van der Waals surface area contributed by atoms with E-state index in [1.54, 1.807) is 11.3 Å². The molecule has 1 aromatic heterocycles. The molecule has 2 atom stereocenters. The summed E-state index contributed by atoms with van der Waals surface area (Å²) < 4.78 is 101. The van der Waals surface area contributed by atoms with Crippen molar-refractivity contribution in [2.75, 3.05) is 60.0 Å². The third-order valence-corrected chi connectivity index (χ3v) is 7.22. The number of carboxylic acid groups (broad SMARTS) is 3. The smallest absolute Gasteiger partial charge is 0.475 e. The summed E-state index contributed by atoms with van der Waals surface area (Å²) in [5, 5.41) is 24.6. The van der Waals surface area contributed by atoms with E-state index in [-0.39, 0.29) is 11.4 Å². The molecule has 0 unspecified atom stereocenters. The molecule has 2 aliphatic heterocycles. The Kier molecular flexibility index (Phi) is 17.6. The van der Waals surface area contributed by atoms with Crippen LogP contribution in [-0.2, 0) is 30.5 Å². The van der Waals surface area contributed by atoms with Gasteiger partial charge in [0.15, 0.2) is 0 Å². The zero-order valence-electron chi connectivity index (χ0n) is 25.3. The van der Waals surface area contributed by atoms with Crippen LogP contribution in [0.25, 0.3) is 0 Å². The Morgan fingerprint density at radius 1 is 0.936 bits per heavy atom. The normalized spacial score (nSPS) is 20.2. The number of ether oxygens (including phenoxy) is 1. The first-order valence-corrected chi connectivity index (χ1v) is 14.3. The SMILES string of the molecule is CCOC(=O)[C@]12CCCN(Cc3nccs3)C[C@H]1CN(CCN(C)C)C2.O=C(O)C(F)(F)F.O=C(O)C(F)(F)F.O=C(O)C(F)(F)F. The molecule has 0 radical (unpaired) electrons. The first kappa shape index (κ1) is 43.8. The molecule has 0 aliphatic carbocycles. The van der Waals surface area contributed by atoms with E-state index in [1.165, 1.54) is 0 Å². The molecule has 47 heavy (non-hydrogen) atoms. The molecule has 3 rings (SSSR count). The fourth-order valence-electron chi connectivity index (χ4n) is 4.40. The van der Waals surface area contributed by atoms with Gasteiger partial charge in [0.05, 0.1) is 18.6 Å². The Morgan fingerprint density at radius 2 is 1.40 bits per heavy atom. The van der Waals surface area contributed by atoms with Gasteiger partial charge in [-0.1, -0.05) is 0 Å². The van der Waals surface area contributed by atoms with Crippen LogP contribution < -0.4 is 0 Å². The summed E-state index contributed by atoms with van der Waals surface area (Å²) in [6.45, 7) is 9.13. The minimum Gasteiger partial charge on any atom is -0.475 e. The second kappa shape index (κ2) is 18.9. The van der Waals surface area contributed by atoms with Crippen molar-refractivity contribution in [3.63, 3.8) is 0 Å². The van der Waals surface area contributed by atoms with Gasteiger partial charge in [-0.25, -0.2) is 19.4 Å². The van der Waals surface area contributed by atoms with Gasteiger partial charge < -0.3 is 29.9 Å². The molecule has 0 saturated carbocycles. The van der Waals surface area contributed by atoms with Crippen LogP contribution in [0.2, 0.25) is 0 Å². The number of thiazole rings is 1. The Morgan fingerprint density at radius 3 is 1.79 bits per heavy atom. The van der Waals surface area contributed by atoms with E-state index in [2.05, 4.69) is 33.8 Å². The molecular formula is C25H35F9N4O8S. The van der Waals surface area contributed by atoms with Gasteiger partial charge in [0, 0.05) is 50.2 Å². The summed E-state index contributed by atoms with van der Waals surface area (Å²) in [5.74, 6) is -7.91. The molecular weight excluding hydrogens is 687 g/mol. The number of carbonyl (C=O) groups excluding carboxylic acids is 1. The lowest BCUT2D eigenvalue weighted by molar-refractivity contribution is -0.193. The molecule has 0 aromatic carbocycles. The molecule has 1 aromatic rings. The highest BCUT2D eigenvalue weighted by Gasteiger charge is 2.54. The minimum absolute atomic E-state index is 0.0217. The first-order chi connectivity index (χ1) is 21.4. The molecule has 2 aliphatic rings. The number of hydrogen-bond donors (Lipinski definition) is 3. The molecule has 0 amide bonds. The first-order valence-electron chi connectivity index (χ1n) is 13.4. The predicted octanol–water partition coefficient (Wildman–Crippen LogP) is 3.68. The number of esters is 1. The van der Waals surface area contributed by atoms with Gasteiger partial charge in [0.2, 0.25) is 0 Å². The Balaban J connectivity index is 0.000000820.